The number of hydrogen-bond acceptors (Lipinski definition) is 2. The molecule has 1 aliphatic heterocycles. The summed E-state index contributed by atoms with van der Waals surface area (Å²) >= 11 is 12.1. The molecule has 26 heavy (non-hydrogen) atoms. The van der Waals surface area contributed by atoms with Crippen LogP contribution in [0.15, 0.2) is 35.6 Å². The van der Waals surface area contributed by atoms with E-state index in [1.54, 1.807) is 6.07 Å². The molecule has 2 aromatic rings. The van der Waals surface area contributed by atoms with Gasteiger partial charge in [-0.25, -0.2) is 0 Å². The minimum Gasteiger partial charge on any atom is -0.357 e. The predicted octanol–water partition coefficient (Wildman–Crippen LogP) is 3.72. The van der Waals surface area contributed by atoms with Crippen LogP contribution in [0.5, 0.6) is 0 Å². The molecule has 0 saturated carbocycles. The smallest absolute Gasteiger partial charge is 0.193 e. The molecule has 0 amide bonds. The molecule has 1 atom stereocenters. The van der Waals surface area contributed by atoms with Gasteiger partial charge in [0.15, 0.2) is 5.96 Å². The van der Waals surface area contributed by atoms with Crippen molar-refractivity contribution in [2.24, 2.45) is 12.0 Å². The Labute approximate surface area is 165 Å². The van der Waals surface area contributed by atoms with Crippen molar-refractivity contribution < 1.29 is 0 Å². The van der Waals surface area contributed by atoms with E-state index in [0.29, 0.717) is 22.5 Å². The highest BCUT2D eigenvalue weighted by Gasteiger charge is 2.26. The van der Waals surface area contributed by atoms with E-state index >= 15 is 0 Å². The Morgan fingerprint density at radius 1 is 1.31 bits per heavy atom. The molecule has 5 nitrogen and oxygen atoms in total. The number of nitrogens with zero attached hydrogens (tertiary/aromatic N) is 4. The van der Waals surface area contributed by atoms with Crippen LogP contribution in [0.4, 0.5) is 0 Å². The lowest BCUT2D eigenvalue weighted by Gasteiger charge is -2.21. The van der Waals surface area contributed by atoms with Crippen LogP contribution in [-0.2, 0) is 13.5 Å². The van der Waals surface area contributed by atoms with Gasteiger partial charge in [0.1, 0.15) is 0 Å². The van der Waals surface area contributed by atoms with Gasteiger partial charge >= 0.3 is 0 Å². The highest BCUT2D eigenvalue weighted by molar-refractivity contribution is 6.34. The number of halogens is 2. The summed E-state index contributed by atoms with van der Waals surface area (Å²) in [7, 11) is 1.96. The molecule has 1 N–H and O–H groups in total. The molecule has 1 aliphatic rings. The summed E-state index contributed by atoms with van der Waals surface area (Å²) in [4.78, 5) is 7.15. The molecule has 2 heterocycles. The number of benzene rings is 1. The summed E-state index contributed by atoms with van der Waals surface area (Å²) in [5.41, 5.74) is 2.41. The van der Waals surface area contributed by atoms with E-state index in [1.165, 1.54) is 5.56 Å². The van der Waals surface area contributed by atoms with Crippen LogP contribution in [0.2, 0.25) is 10.0 Å². The molecule has 0 bridgehead atoms. The van der Waals surface area contributed by atoms with E-state index in [1.807, 2.05) is 30.1 Å². The van der Waals surface area contributed by atoms with Crippen molar-refractivity contribution in [1.82, 2.24) is 20.0 Å². The van der Waals surface area contributed by atoms with Gasteiger partial charge in [0.05, 0.1) is 6.20 Å². The second-order valence-electron chi connectivity index (χ2n) is 6.64. The van der Waals surface area contributed by atoms with Crippen molar-refractivity contribution in [2.75, 3.05) is 26.2 Å². The quantitative estimate of drug-likeness (QED) is 0.621. The summed E-state index contributed by atoms with van der Waals surface area (Å²) in [6.07, 6.45) is 6.03. The molecule has 3 rings (SSSR count). The first-order valence-corrected chi connectivity index (χ1v) is 9.77. The van der Waals surface area contributed by atoms with Crippen molar-refractivity contribution in [3.63, 3.8) is 0 Å². The number of aromatic nitrogens is 2. The topological polar surface area (TPSA) is 45.5 Å². The average Bonchev–Trinajstić information content (AvgIpc) is 3.22. The average molecular weight is 394 g/mol. The first-order valence-electron chi connectivity index (χ1n) is 9.02. The lowest BCUT2D eigenvalue weighted by molar-refractivity contribution is 0.486. The Kier molecular flexibility index (Phi) is 6.43. The van der Waals surface area contributed by atoms with Crippen molar-refractivity contribution in [1.29, 1.82) is 0 Å². The second-order valence-corrected chi connectivity index (χ2v) is 7.52. The molecule has 0 spiro atoms. The normalized spacial score (nSPS) is 17.8. The molecule has 1 aromatic heterocycles. The van der Waals surface area contributed by atoms with Gasteiger partial charge in [-0.15, -0.1) is 0 Å². The first-order chi connectivity index (χ1) is 12.5. The highest BCUT2D eigenvalue weighted by Crippen LogP contribution is 2.26. The van der Waals surface area contributed by atoms with Gasteiger partial charge in [-0.3, -0.25) is 9.67 Å². The third kappa shape index (κ3) is 4.92. The number of hydrogen-bond donors (Lipinski definition) is 1. The summed E-state index contributed by atoms with van der Waals surface area (Å²) in [5, 5.41) is 9.05. The predicted molar refractivity (Wildman–Crippen MR) is 108 cm³/mol. The van der Waals surface area contributed by atoms with Gasteiger partial charge in [-0.1, -0.05) is 23.2 Å². The van der Waals surface area contributed by atoms with E-state index in [-0.39, 0.29) is 0 Å². The maximum atomic E-state index is 6.07. The molecular weight excluding hydrogens is 369 g/mol. The number of likely N-dealkylation sites (tertiary alicyclic amines) is 1. The summed E-state index contributed by atoms with van der Waals surface area (Å²) in [5.74, 6) is 1.49. The second kappa shape index (κ2) is 8.78. The van der Waals surface area contributed by atoms with Crippen LogP contribution < -0.4 is 5.32 Å². The van der Waals surface area contributed by atoms with Crippen molar-refractivity contribution in [3.05, 3.63) is 51.8 Å². The molecule has 0 radical (unpaired) electrons. The van der Waals surface area contributed by atoms with Crippen molar-refractivity contribution >= 4 is 29.2 Å². The largest absolute Gasteiger partial charge is 0.357 e. The third-order valence-corrected chi connectivity index (χ3v) is 5.04. The molecule has 1 saturated heterocycles. The molecule has 0 aliphatic carbocycles. The molecule has 1 unspecified atom stereocenters. The summed E-state index contributed by atoms with van der Waals surface area (Å²) in [6.45, 7) is 5.64. The lowest BCUT2D eigenvalue weighted by Crippen LogP contribution is -2.40. The Bertz CT molecular complexity index is 751. The number of aliphatic imine (C=N–C) groups is 1. The number of nitrogens with one attached hydrogen (secondary N) is 1. The summed E-state index contributed by atoms with van der Waals surface area (Å²) in [6, 6.07) is 5.65. The monoisotopic (exact) mass is 393 g/mol. The zero-order valence-electron chi connectivity index (χ0n) is 15.3. The first kappa shape index (κ1) is 19.1. The maximum absolute atomic E-state index is 6.07. The van der Waals surface area contributed by atoms with Crippen molar-refractivity contribution in [3.8, 4) is 0 Å². The number of aryl methyl sites for hydroxylation is 1. The van der Waals surface area contributed by atoms with Gasteiger partial charge in [0, 0.05) is 55.4 Å². The third-order valence-electron chi connectivity index (χ3n) is 4.60. The van der Waals surface area contributed by atoms with Crippen LogP contribution in [0.3, 0.4) is 0 Å². The van der Waals surface area contributed by atoms with E-state index in [4.69, 9.17) is 28.2 Å². The van der Waals surface area contributed by atoms with Crippen LogP contribution in [-0.4, -0.2) is 46.8 Å². The number of rotatable bonds is 5. The molecule has 1 fully saturated rings. The van der Waals surface area contributed by atoms with Gasteiger partial charge in [-0.2, -0.15) is 5.10 Å². The van der Waals surface area contributed by atoms with Gasteiger partial charge in [0.2, 0.25) is 0 Å². The Hall–Kier alpha value is -1.72. The maximum Gasteiger partial charge on any atom is 0.193 e. The standard InChI is InChI=1S/C19H25Cl2N5/c1-3-22-19(23-6-4-14-8-17(20)10-18(21)9-14)26-7-5-15(13-26)16-11-24-25(2)12-16/h8-12,15H,3-7,13H2,1-2H3,(H,22,23). The van der Waals surface area contributed by atoms with E-state index in [9.17, 15) is 0 Å². The lowest BCUT2D eigenvalue weighted by atomic mass is 10.0. The Morgan fingerprint density at radius 2 is 2.08 bits per heavy atom. The van der Waals surface area contributed by atoms with E-state index in [2.05, 4.69) is 28.4 Å². The fourth-order valence-corrected chi connectivity index (χ4v) is 3.92. The van der Waals surface area contributed by atoms with Crippen LogP contribution in [0.25, 0.3) is 0 Å². The SMILES string of the molecule is CCNC(=NCCc1cc(Cl)cc(Cl)c1)N1CCC(c2cnn(C)c2)C1. The van der Waals surface area contributed by atoms with Crippen LogP contribution in [0, 0.1) is 0 Å². The minimum atomic E-state index is 0.513. The van der Waals surface area contributed by atoms with E-state index in [0.717, 1.165) is 44.0 Å². The molecular formula is C19H25Cl2N5. The summed E-state index contributed by atoms with van der Waals surface area (Å²) < 4.78 is 1.87. The highest BCUT2D eigenvalue weighted by atomic mass is 35.5. The van der Waals surface area contributed by atoms with Crippen LogP contribution >= 0.6 is 23.2 Å². The Balaban J connectivity index is 1.62. The van der Waals surface area contributed by atoms with E-state index < -0.39 is 0 Å². The van der Waals surface area contributed by atoms with Gasteiger partial charge in [-0.05, 0) is 49.1 Å². The van der Waals surface area contributed by atoms with Gasteiger partial charge in [0.25, 0.3) is 0 Å². The van der Waals surface area contributed by atoms with Gasteiger partial charge < -0.3 is 10.2 Å². The van der Waals surface area contributed by atoms with Crippen LogP contribution in [0.1, 0.15) is 30.4 Å². The van der Waals surface area contributed by atoms with Crippen molar-refractivity contribution in [2.45, 2.75) is 25.7 Å². The minimum absolute atomic E-state index is 0.513. The molecule has 140 valence electrons. The molecule has 7 heteroatoms. The molecule has 1 aromatic carbocycles. The fraction of sp³-hybridized carbons (Fsp3) is 0.474. The fourth-order valence-electron chi connectivity index (χ4n) is 3.35. The number of guanidine groups is 1. The zero-order valence-corrected chi connectivity index (χ0v) is 16.8. The Morgan fingerprint density at radius 3 is 2.73 bits per heavy atom. The zero-order chi connectivity index (χ0) is 18.5.